The van der Waals surface area contributed by atoms with E-state index in [0.29, 0.717) is 50.7 Å². The van der Waals surface area contributed by atoms with Crippen LogP contribution in [0.25, 0.3) is 45.4 Å². The molecule has 0 bridgehead atoms. The van der Waals surface area contributed by atoms with Gasteiger partial charge in [0.05, 0.1) is 28.9 Å². The van der Waals surface area contributed by atoms with Crippen LogP contribution in [0.2, 0.25) is 5.02 Å². The first-order valence-electron chi connectivity index (χ1n) is 30.7. The summed E-state index contributed by atoms with van der Waals surface area (Å²) >= 11 is 7.30. The van der Waals surface area contributed by atoms with Crippen molar-refractivity contribution in [2.75, 3.05) is 88.5 Å². The molecule has 18 heteroatoms. The number of likely N-dealkylation sites (tertiary alicyclic amines) is 1. The third kappa shape index (κ3) is 16.3. The second kappa shape index (κ2) is 29.2. The number of para-hydroxylation sites is 1. The third-order valence-corrected chi connectivity index (χ3v) is 18.2. The molecule has 470 valence electrons. The molecule has 8 aromatic rings. The minimum atomic E-state index is -3.23. The number of benzene rings is 5. The van der Waals surface area contributed by atoms with Crippen LogP contribution in [0.3, 0.4) is 0 Å². The zero-order chi connectivity index (χ0) is 62.2. The van der Waals surface area contributed by atoms with Crippen LogP contribution in [0, 0.1) is 11.8 Å². The maximum atomic E-state index is 13.2. The number of nitrogens with one attached hydrogen (secondary N) is 2. The molecule has 4 fully saturated rings. The highest BCUT2D eigenvalue weighted by atomic mass is 35.5. The summed E-state index contributed by atoms with van der Waals surface area (Å²) in [6.07, 6.45) is 6.86. The average molecular weight is 1260 g/mol. The Morgan fingerprint density at radius 2 is 1.60 bits per heavy atom. The second-order valence-electron chi connectivity index (χ2n) is 24.0. The highest BCUT2D eigenvalue weighted by Gasteiger charge is 2.30. The number of amides is 1. The summed E-state index contributed by atoms with van der Waals surface area (Å²) in [5.74, 6) is 3.91. The number of Topliss-reactive ketones (excluding diaryl/α,β-unsaturated/α-hetero) is 1. The van der Waals surface area contributed by atoms with Crippen molar-refractivity contribution in [2.45, 2.75) is 78.2 Å². The Bertz CT molecular complexity index is 3880. The lowest BCUT2D eigenvalue weighted by Crippen LogP contribution is -2.35. The Morgan fingerprint density at radius 1 is 0.833 bits per heavy atom. The van der Waals surface area contributed by atoms with E-state index < -0.39 is 6.11 Å². The maximum absolute atomic E-state index is 13.2. The zero-order valence-electron chi connectivity index (χ0n) is 50.9. The van der Waals surface area contributed by atoms with E-state index in [-0.39, 0.29) is 42.3 Å². The number of nitrogens with zero attached hydrogens (tertiary/aromatic N) is 7. The van der Waals surface area contributed by atoms with Crippen molar-refractivity contribution in [1.29, 1.82) is 0 Å². The van der Waals surface area contributed by atoms with Crippen LogP contribution >= 0.6 is 23.4 Å². The number of allylic oxidation sites excluding steroid dienone is 2. The van der Waals surface area contributed by atoms with Crippen molar-refractivity contribution in [1.82, 2.24) is 29.3 Å². The number of alkyl halides is 2. The molecule has 14 nitrogen and oxygen atoms in total. The lowest BCUT2D eigenvalue weighted by atomic mass is 9.94. The van der Waals surface area contributed by atoms with Crippen LogP contribution in [0.15, 0.2) is 167 Å². The summed E-state index contributed by atoms with van der Waals surface area (Å²) in [6.45, 7) is 15.9. The Labute approximate surface area is 536 Å². The molecule has 0 aliphatic carbocycles. The van der Waals surface area contributed by atoms with Crippen molar-refractivity contribution < 1.29 is 32.3 Å². The molecule has 5 aliphatic heterocycles. The third-order valence-electron chi connectivity index (χ3n) is 17.0. The minimum absolute atomic E-state index is 0. The predicted octanol–water partition coefficient (Wildman–Crippen LogP) is 15.6. The summed E-state index contributed by atoms with van der Waals surface area (Å²) in [4.78, 5) is 50.9. The standard InChI is InChI=1S/C27H28ClN3O2.C23H23NO2S.C21H25F2N5O.CH4/c1-18-23(24-16-21(28)7-9-25(24)29-18)17-22-8-10-26(33-22)19-5-3-6-20(15-19)27(32)31-12-4-11-30(2)13-14-31;1-16-7-6-12-24(15-16)23-18(13-21-20(25)14-22(26)27-21)10-5-11-19(23)17-8-3-2-4-9-17;1-21(22,23)29-17-5-3-4-16(12-17)18-14-25-20-7-6-19(26-28(18)20)24-13-15-8-10-27(2)11-9-15;/h3,5-10,15-16,23,29H,1,4,11-14,17H2,2H3;2-5,8-11,13,16H,6-7,12,14-15H2,1H3;3-7,12,14-15H,8-11,13H2,1-2H3,(H,24,26);1H4/b;21-13-;;. The van der Waals surface area contributed by atoms with Crippen LogP contribution in [0.4, 0.5) is 26.0 Å². The number of rotatable bonds is 13. The number of fused-ring (bicyclic) bond motifs is 2. The van der Waals surface area contributed by atoms with Crippen molar-refractivity contribution in [3.8, 4) is 39.5 Å². The summed E-state index contributed by atoms with van der Waals surface area (Å²) in [5.41, 5.74) is 11.4. The van der Waals surface area contributed by atoms with Crippen molar-refractivity contribution in [3.63, 3.8) is 0 Å². The number of imidazole rings is 1. The second-order valence-corrected chi connectivity index (χ2v) is 25.6. The Balaban J connectivity index is 0.000000148. The summed E-state index contributed by atoms with van der Waals surface area (Å²) in [5, 5.41) is 12.1. The fourth-order valence-corrected chi connectivity index (χ4v) is 13.3. The Kier molecular flexibility index (Phi) is 21.1. The van der Waals surface area contributed by atoms with Gasteiger partial charge in [-0.15, -0.1) is 5.10 Å². The molecule has 90 heavy (non-hydrogen) atoms. The number of hydrogen-bond donors (Lipinski definition) is 2. The molecular weight excluding hydrogens is 1180 g/mol. The number of aromatic nitrogens is 3. The average Bonchev–Trinajstić information content (AvgIpc) is 1.53. The van der Waals surface area contributed by atoms with Crippen molar-refractivity contribution in [3.05, 3.63) is 190 Å². The van der Waals surface area contributed by atoms with Gasteiger partial charge in [-0.1, -0.05) is 105 Å². The van der Waals surface area contributed by atoms with Gasteiger partial charge in [0.15, 0.2) is 11.4 Å². The van der Waals surface area contributed by atoms with Crippen LogP contribution in [0.5, 0.6) is 5.75 Å². The molecule has 0 radical (unpaired) electrons. The van der Waals surface area contributed by atoms with Crippen molar-refractivity contribution in [2.24, 2.45) is 11.8 Å². The van der Waals surface area contributed by atoms with Gasteiger partial charge in [0.1, 0.15) is 23.1 Å². The maximum Gasteiger partial charge on any atom is 0.394 e. The topological polar surface area (TPSA) is 141 Å². The van der Waals surface area contributed by atoms with Gasteiger partial charge in [0.2, 0.25) is 5.12 Å². The van der Waals surface area contributed by atoms with E-state index in [9.17, 15) is 23.2 Å². The molecule has 13 rings (SSSR count). The molecule has 2 N–H and O–H groups in total. The zero-order valence-corrected chi connectivity index (χ0v) is 52.5. The first-order valence-corrected chi connectivity index (χ1v) is 31.9. The number of carbonyl (C=O) groups is 3. The molecule has 8 heterocycles. The number of anilines is 3. The summed E-state index contributed by atoms with van der Waals surface area (Å²) in [6, 6.07) is 44.6. The van der Waals surface area contributed by atoms with Gasteiger partial charge < -0.3 is 39.4 Å². The number of piperidine rings is 2. The largest absolute Gasteiger partial charge is 0.461 e. The van der Waals surface area contributed by atoms with Gasteiger partial charge >= 0.3 is 6.11 Å². The fourth-order valence-electron chi connectivity index (χ4n) is 12.3. The summed E-state index contributed by atoms with van der Waals surface area (Å²) < 4.78 is 39.0. The highest BCUT2D eigenvalue weighted by molar-refractivity contribution is 8.18. The number of ether oxygens (including phenoxy) is 1. The van der Waals surface area contributed by atoms with E-state index in [4.69, 9.17) is 20.8 Å². The highest BCUT2D eigenvalue weighted by Crippen LogP contribution is 2.43. The van der Waals surface area contributed by atoms with Gasteiger partial charge in [-0.25, -0.2) is 9.50 Å². The van der Waals surface area contributed by atoms with Crippen molar-refractivity contribution >= 4 is 69.1 Å². The lowest BCUT2D eigenvalue weighted by Gasteiger charge is -2.35. The van der Waals surface area contributed by atoms with E-state index in [1.807, 2.05) is 95.9 Å². The molecule has 2 atom stereocenters. The number of likely N-dealkylation sites (N-methyl/N-ethyl adjacent to an activating group) is 1. The number of ketones is 1. The van der Waals surface area contributed by atoms with Gasteiger partial charge in [-0.2, -0.15) is 8.78 Å². The quantitative estimate of drug-likeness (QED) is 0.0837. The monoisotopic (exact) mass is 1260 g/mol. The smallest absolute Gasteiger partial charge is 0.394 e. The summed E-state index contributed by atoms with van der Waals surface area (Å²) in [7, 11) is 4.26. The SMILES string of the molecule is C.C=C1Nc2ccc(Cl)cc2C1Cc1ccc(-c2cccc(C(=O)N3CCCN(C)CC3)c2)o1.CC1CCCN(c2c(/C=C3\SC(=O)CC3=O)cccc2-c2ccccc2)C1.CN1CCC(CNc2ccc3ncc(-c4cccc(OC(C)(F)F)c4)n3n2)CC1. The van der Waals surface area contributed by atoms with E-state index >= 15 is 0 Å². The normalized spacial score (nSPS) is 18.7. The number of hydrogen-bond acceptors (Lipinski definition) is 13. The fraction of sp³-hybridized carbons (Fsp3) is 0.347. The van der Waals surface area contributed by atoms with Gasteiger partial charge in [0.25, 0.3) is 5.91 Å². The van der Waals surface area contributed by atoms with Crippen LogP contribution in [-0.2, 0) is 16.0 Å². The molecule has 0 spiro atoms. The number of carbonyl (C=O) groups excluding carboxylic acids is 3. The van der Waals surface area contributed by atoms with Crippen LogP contribution in [-0.4, -0.2) is 125 Å². The van der Waals surface area contributed by atoms with Crippen LogP contribution in [0.1, 0.15) is 93.0 Å². The van der Waals surface area contributed by atoms with E-state index in [1.54, 1.807) is 22.8 Å². The molecule has 4 saturated heterocycles. The molecule has 1 amide bonds. The van der Waals surface area contributed by atoms with E-state index in [0.717, 1.165) is 129 Å². The first-order chi connectivity index (χ1) is 43.0. The molecule has 5 aliphatic rings. The number of halogens is 3. The predicted molar refractivity (Wildman–Crippen MR) is 361 cm³/mol. The minimum Gasteiger partial charge on any atom is -0.461 e. The molecule has 0 saturated carbocycles. The lowest BCUT2D eigenvalue weighted by molar-refractivity contribution is -0.158. The van der Waals surface area contributed by atoms with Crippen LogP contribution < -0.4 is 20.3 Å². The first kappa shape index (κ1) is 64.9. The molecule has 5 aromatic carbocycles. The molecule has 3 aromatic heterocycles. The number of furan rings is 1. The van der Waals surface area contributed by atoms with Gasteiger partial charge in [-0.3, -0.25) is 14.4 Å². The van der Waals surface area contributed by atoms with Gasteiger partial charge in [0, 0.05) is 97.2 Å². The number of thioether (sulfide) groups is 1. The van der Waals surface area contributed by atoms with E-state index in [2.05, 4.69) is 99.4 Å². The Hall–Kier alpha value is -8.09. The van der Waals surface area contributed by atoms with Gasteiger partial charge in [-0.05, 0) is 179 Å². The molecular formula is C72H80ClF2N9O5S. The Morgan fingerprint density at radius 3 is 2.38 bits per heavy atom. The van der Waals surface area contributed by atoms with E-state index in [1.165, 1.54) is 48.6 Å². The molecule has 2 unspecified atom stereocenters.